The lowest BCUT2D eigenvalue weighted by atomic mass is 9.99. The number of halogens is 1. The van der Waals surface area contributed by atoms with Crippen LogP contribution in [0.3, 0.4) is 0 Å². The van der Waals surface area contributed by atoms with Gasteiger partial charge in [-0.25, -0.2) is 24.2 Å². The lowest BCUT2D eigenvalue weighted by Crippen LogP contribution is -2.37. The monoisotopic (exact) mass is 800 g/mol. The summed E-state index contributed by atoms with van der Waals surface area (Å²) in [4.78, 5) is 57.9. The Morgan fingerprint density at radius 3 is 2.08 bits per heavy atom. The lowest BCUT2D eigenvalue weighted by molar-refractivity contribution is 0.0233. The van der Waals surface area contributed by atoms with Crippen molar-refractivity contribution in [3.8, 4) is 11.3 Å². The Labute approximate surface area is 317 Å². The van der Waals surface area contributed by atoms with E-state index in [1.807, 2.05) is 23.8 Å². The number of anilines is 2. The van der Waals surface area contributed by atoms with Gasteiger partial charge in [-0.2, -0.15) is 10.2 Å². The molecule has 0 fully saturated rings. The van der Waals surface area contributed by atoms with Crippen molar-refractivity contribution < 1.29 is 38.1 Å². The fourth-order valence-corrected chi connectivity index (χ4v) is 5.71. The predicted octanol–water partition coefficient (Wildman–Crippen LogP) is 8.77. The van der Waals surface area contributed by atoms with E-state index in [1.165, 1.54) is 24.2 Å². The van der Waals surface area contributed by atoms with Gasteiger partial charge in [0.1, 0.15) is 38.6 Å². The van der Waals surface area contributed by atoms with Crippen molar-refractivity contribution in [3.63, 3.8) is 0 Å². The first-order chi connectivity index (χ1) is 24.2. The minimum Gasteiger partial charge on any atom is -0.444 e. The molecule has 17 heteroatoms. The molecule has 0 aliphatic rings. The van der Waals surface area contributed by atoms with Gasteiger partial charge < -0.3 is 23.5 Å². The molecule has 1 N–H and O–H groups in total. The summed E-state index contributed by atoms with van der Waals surface area (Å²) in [7, 11) is 1.49. The number of carbonyl (C=O) groups excluding carboxylic acids is 4. The molecule has 288 valence electrons. The molecule has 0 aliphatic carbocycles. The van der Waals surface area contributed by atoms with E-state index in [1.54, 1.807) is 88.4 Å². The van der Waals surface area contributed by atoms with Crippen molar-refractivity contribution in [2.75, 3.05) is 17.3 Å². The molecule has 1 unspecified atom stereocenters. The Morgan fingerprint density at radius 2 is 1.47 bits per heavy atom. The smallest absolute Gasteiger partial charge is 0.437 e. The van der Waals surface area contributed by atoms with Crippen molar-refractivity contribution in [2.45, 2.75) is 118 Å². The highest BCUT2D eigenvalue weighted by molar-refractivity contribution is 9.10. The van der Waals surface area contributed by atoms with Crippen molar-refractivity contribution in [3.05, 3.63) is 41.4 Å². The molecule has 0 radical (unpaired) electrons. The second-order valence-corrected chi connectivity index (χ2v) is 17.0. The quantitative estimate of drug-likeness (QED) is 0.140. The maximum absolute atomic E-state index is 13.4. The molecule has 2 amide bonds. The summed E-state index contributed by atoms with van der Waals surface area (Å²) in [5, 5.41) is 11.9. The number of aromatic nitrogens is 6. The number of hydrogen-bond donors (Lipinski definition) is 1. The first-order valence-corrected chi connectivity index (χ1v) is 17.8. The molecule has 0 saturated heterocycles. The van der Waals surface area contributed by atoms with Gasteiger partial charge in [-0.1, -0.05) is 0 Å². The van der Waals surface area contributed by atoms with Crippen molar-refractivity contribution >= 4 is 62.8 Å². The summed E-state index contributed by atoms with van der Waals surface area (Å²) in [6, 6.07) is 4.63. The summed E-state index contributed by atoms with van der Waals surface area (Å²) >= 11 is 3.47. The molecule has 0 aromatic carbocycles. The summed E-state index contributed by atoms with van der Waals surface area (Å²) in [6.07, 6.45) is 2.28. The van der Waals surface area contributed by atoms with Gasteiger partial charge in [-0.05, 0) is 105 Å². The molecule has 0 aliphatic heterocycles. The van der Waals surface area contributed by atoms with E-state index in [0.29, 0.717) is 22.3 Å². The van der Waals surface area contributed by atoms with Crippen LogP contribution in [0.25, 0.3) is 22.2 Å². The molecule has 0 saturated carbocycles. The van der Waals surface area contributed by atoms with Gasteiger partial charge in [0.2, 0.25) is 0 Å². The van der Waals surface area contributed by atoms with E-state index < -0.39 is 46.8 Å². The van der Waals surface area contributed by atoms with Gasteiger partial charge in [0, 0.05) is 48.8 Å². The maximum Gasteiger partial charge on any atom is 0.437 e. The number of rotatable bonds is 7. The average Bonchev–Trinajstić information content (AvgIpc) is 3.70. The minimum absolute atomic E-state index is 0.0910. The van der Waals surface area contributed by atoms with Crippen molar-refractivity contribution in [1.82, 2.24) is 29.1 Å². The van der Waals surface area contributed by atoms with Gasteiger partial charge in [0.05, 0.1) is 23.6 Å². The van der Waals surface area contributed by atoms with Crippen LogP contribution in [0.5, 0.6) is 0 Å². The number of carbonyl (C=O) groups is 4. The van der Waals surface area contributed by atoms with E-state index in [2.05, 4.69) is 36.4 Å². The van der Waals surface area contributed by atoms with Gasteiger partial charge in [0.15, 0.2) is 0 Å². The van der Waals surface area contributed by atoms with Gasteiger partial charge >= 0.3 is 24.4 Å². The second kappa shape index (κ2) is 14.8. The van der Waals surface area contributed by atoms with E-state index >= 15 is 0 Å². The number of nitrogens with zero attached hydrogens (tertiary/aromatic N) is 7. The molecule has 1 atom stereocenters. The number of amides is 2. The number of hydrogen-bond acceptors (Lipinski definition) is 11. The topological polar surface area (TPSA) is 174 Å². The highest BCUT2D eigenvalue weighted by Gasteiger charge is 2.32. The molecule has 16 nitrogen and oxygen atoms in total. The third-order valence-corrected chi connectivity index (χ3v) is 7.73. The summed E-state index contributed by atoms with van der Waals surface area (Å²) < 4.78 is 27.0. The standard InChI is InChI=1S/C36H49BrN8O8/c1-21(18-36(11,12)53-31(48)44-27(14-15-39-44)40-29(46)50-33(2,3)4)43-20-23(22-16-26(37)38-19-25(22)43)24-17-28(42(13)30(47)51-34(5,6)7)45(41-24)32(49)52-35(8,9)10/h14-17,19-21H,18H2,1-13H3,(H,40,46). The fraction of sp³-hybridized carbons (Fsp3) is 0.528. The van der Waals surface area contributed by atoms with Crippen LogP contribution in [-0.4, -0.2) is 82.9 Å². The first-order valence-electron chi connectivity index (χ1n) is 17.0. The third kappa shape index (κ3) is 10.6. The normalized spacial score (nSPS) is 13.0. The predicted molar refractivity (Wildman–Crippen MR) is 202 cm³/mol. The largest absolute Gasteiger partial charge is 0.444 e. The van der Waals surface area contributed by atoms with Crippen LogP contribution in [0.4, 0.5) is 30.8 Å². The Kier molecular flexibility index (Phi) is 11.4. The number of pyridine rings is 1. The first kappa shape index (κ1) is 40.8. The van der Waals surface area contributed by atoms with Crippen molar-refractivity contribution in [2.24, 2.45) is 0 Å². The van der Waals surface area contributed by atoms with Crippen LogP contribution in [0, 0.1) is 0 Å². The third-order valence-electron chi connectivity index (χ3n) is 7.30. The van der Waals surface area contributed by atoms with Crippen LogP contribution >= 0.6 is 15.9 Å². The van der Waals surface area contributed by atoms with Crippen LogP contribution in [0.2, 0.25) is 0 Å². The van der Waals surface area contributed by atoms with E-state index in [9.17, 15) is 19.2 Å². The summed E-state index contributed by atoms with van der Waals surface area (Å²) in [5.74, 6) is 0.228. The average molecular weight is 802 g/mol. The molecular formula is C36H49BrN8O8. The maximum atomic E-state index is 13.4. The second-order valence-electron chi connectivity index (χ2n) is 16.2. The molecule has 4 rings (SSSR count). The summed E-state index contributed by atoms with van der Waals surface area (Å²) in [5.41, 5.74) is -1.62. The zero-order valence-electron chi connectivity index (χ0n) is 32.5. The minimum atomic E-state index is -1.02. The lowest BCUT2D eigenvalue weighted by Gasteiger charge is -2.29. The van der Waals surface area contributed by atoms with E-state index in [-0.39, 0.29) is 17.7 Å². The Balaban J connectivity index is 1.67. The zero-order chi connectivity index (χ0) is 39.8. The molecule has 4 aromatic rings. The van der Waals surface area contributed by atoms with E-state index in [4.69, 9.17) is 18.9 Å². The molecule has 4 aromatic heterocycles. The Hall–Kier alpha value is -4.93. The van der Waals surface area contributed by atoms with Gasteiger partial charge in [-0.3, -0.25) is 10.2 Å². The highest BCUT2D eigenvalue weighted by Crippen LogP contribution is 2.37. The van der Waals surface area contributed by atoms with Crippen LogP contribution in [0.1, 0.15) is 95.5 Å². The Bertz CT molecular complexity index is 2010. The van der Waals surface area contributed by atoms with Crippen LogP contribution in [-0.2, 0) is 18.9 Å². The number of ether oxygens (including phenoxy) is 4. The summed E-state index contributed by atoms with van der Waals surface area (Å²) in [6.45, 7) is 21.1. The van der Waals surface area contributed by atoms with Gasteiger partial charge in [-0.15, -0.1) is 9.36 Å². The fourth-order valence-electron chi connectivity index (χ4n) is 5.38. The number of fused-ring (bicyclic) bond motifs is 1. The van der Waals surface area contributed by atoms with Crippen LogP contribution < -0.4 is 10.2 Å². The number of nitrogens with one attached hydrogen (secondary N) is 1. The van der Waals surface area contributed by atoms with Crippen molar-refractivity contribution in [1.29, 1.82) is 0 Å². The molecule has 0 bridgehead atoms. The SMILES string of the molecule is CC(CC(C)(C)OC(=O)n1nccc1NC(=O)OC(C)(C)C)n1cc(-c2cc(N(C)C(=O)OC(C)(C)C)n(C(=O)OC(C)(C)C)n2)c2cc(Br)ncc21. The Morgan fingerprint density at radius 1 is 0.868 bits per heavy atom. The molecular weight excluding hydrogens is 752 g/mol. The highest BCUT2D eigenvalue weighted by atomic mass is 79.9. The van der Waals surface area contributed by atoms with E-state index in [0.717, 1.165) is 20.3 Å². The molecule has 0 spiro atoms. The molecule has 4 heterocycles. The van der Waals surface area contributed by atoms with Gasteiger partial charge in [0.25, 0.3) is 0 Å². The molecule has 53 heavy (non-hydrogen) atoms. The van der Waals surface area contributed by atoms with Crippen LogP contribution in [0.15, 0.2) is 41.4 Å². The zero-order valence-corrected chi connectivity index (χ0v) is 34.1.